The third kappa shape index (κ3) is 3.92. The Kier molecular flexibility index (Phi) is 5.30. The second-order valence-electron chi connectivity index (χ2n) is 5.48. The molecule has 1 heterocycles. The number of hydrogen-bond donors (Lipinski definition) is 2. The van der Waals surface area contributed by atoms with Crippen LogP contribution in [-0.4, -0.2) is 32.5 Å². The molecule has 1 amide bonds. The van der Waals surface area contributed by atoms with Crippen LogP contribution in [0.15, 0.2) is 6.20 Å². The summed E-state index contributed by atoms with van der Waals surface area (Å²) in [5, 5.41) is 13.6. The number of hydrogen-bond acceptors (Lipinski definition) is 5. The van der Waals surface area contributed by atoms with Gasteiger partial charge in [-0.25, -0.2) is 0 Å². The Labute approximate surface area is 128 Å². The number of nitrogens with zero attached hydrogens (tertiary/aromatic N) is 3. The van der Waals surface area contributed by atoms with Crippen LogP contribution in [0.25, 0.3) is 0 Å². The van der Waals surface area contributed by atoms with Crippen molar-refractivity contribution < 1.29 is 9.72 Å². The molecule has 9 heteroatoms. The molecule has 1 saturated carbocycles. The molecule has 1 atom stereocenters. The summed E-state index contributed by atoms with van der Waals surface area (Å²) in [4.78, 5) is 25.9. The van der Waals surface area contributed by atoms with Gasteiger partial charge in [0.2, 0.25) is 11.7 Å². The summed E-state index contributed by atoms with van der Waals surface area (Å²) in [5.41, 5.74) is 5.35. The summed E-state index contributed by atoms with van der Waals surface area (Å²) in [6.07, 6.45) is 3.42. The number of carbonyl (C=O) groups excluding carboxylic acids is 1. The number of aryl methyl sites for hydroxylation is 1. The zero-order valence-corrected chi connectivity index (χ0v) is 12.9. The number of rotatable bonds is 6. The fourth-order valence-electron chi connectivity index (χ4n) is 2.29. The van der Waals surface area contributed by atoms with Gasteiger partial charge in [0.1, 0.15) is 12.7 Å². The molecule has 1 fully saturated rings. The Balaban J connectivity index is 0.00000220. The lowest BCUT2D eigenvalue weighted by Crippen LogP contribution is -2.53. The molecular formula is C12H20ClN5O3. The van der Waals surface area contributed by atoms with E-state index >= 15 is 0 Å². The van der Waals surface area contributed by atoms with Crippen molar-refractivity contribution >= 4 is 24.1 Å². The van der Waals surface area contributed by atoms with Gasteiger partial charge in [-0.1, -0.05) is 0 Å². The number of nitrogens with one attached hydrogen (secondary N) is 1. The maximum atomic E-state index is 12.1. The lowest BCUT2D eigenvalue weighted by atomic mass is 9.96. The third-order valence-electron chi connectivity index (χ3n) is 3.79. The molecule has 0 radical (unpaired) electrons. The molecule has 0 bridgehead atoms. The number of imidazole rings is 1. The quantitative estimate of drug-likeness (QED) is 0.593. The average molecular weight is 318 g/mol. The van der Waals surface area contributed by atoms with Gasteiger partial charge in [0.15, 0.2) is 0 Å². The zero-order chi connectivity index (χ0) is 14.9. The van der Waals surface area contributed by atoms with Crippen molar-refractivity contribution in [1.29, 1.82) is 0 Å². The Bertz CT molecular complexity index is 543. The molecule has 1 unspecified atom stereocenters. The summed E-state index contributed by atoms with van der Waals surface area (Å²) < 4.78 is 1.47. The van der Waals surface area contributed by atoms with Crippen molar-refractivity contribution in [1.82, 2.24) is 14.9 Å². The summed E-state index contributed by atoms with van der Waals surface area (Å²) in [6, 6.07) is 0. The minimum Gasteiger partial charge on any atom is -0.358 e. The number of nitro groups is 1. The molecule has 1 aliphatic rings. The topological polar surface area (TPSA) is 116 Å². The SMILES string of the molecule is Cc1nc([N+](=O)[O-])cn1CC(=O)NC(C)(CN)C1CC1.Cl. The van der Waals surface area contributed by atoms with E-state index in [9.17, 15) is 14.9 Å². The predicted octanol–water partition coefficient (Wildman–Crippen LogP) is 0.765. The second-order valence-corrected chi connectivity index (χ2v) is 5.48. The van der Waals surface area contributed by atoms with Gasteiger partial charge in [0.05, 0.1) is 5.54 Å². The predicted molar refractivity (Wildman–Crippen MR) is 79.2 cm³/mol. The zero-order valence-electron chi connectivity index (χ0n) is 12.0. The Morgan fingerprint density at radius 1 is 1.67 bits per heavy atom. The van der Waals surface area contributed by atoms with Crippen LogP contribution in [0.2, 0.25) is 0 Å². The molecule has 118 valence electrons. The molecule has 8 nitrogen and oxygen atoms in total. The number of halogens is 1. The van der Waals surface area contributed by atoms with E-state index in [1.807, 2.05) is 6.92 Å². The summed E-state index contributed by atoms with van der Waals surface area (Å²) >= 11 is 0. The highest BCUT2D eigenvalue weighted by Crippen LogP contribution is 2.38. The Hall–Kier alpha value is -1.67. The van der Waals surface area contributed by atoms with Gasteiger partial charge in [-0.2, -0.15) is 0 Å². The van der Waals surface area contributed by atoms with Crippen molar-refractivity contribution in [2.75, 3.05) is 6.54 Å². The first-order chi connectivity index (χ1) is 9.35. The number of nitrogens with two attached hydrogens (primary N) is 1. The first-order valence-corrected chi connectivity index (χ1v) is 6.55. The van der Waals surface area contributed by atoms with Crippen LogP contribution in [0.4, 0.5) is 5.82 Å². The smallest absolute Gasteiger partial charge is 0.358 e. The van der Waals surface area contributed by atoms with E-state index in [1.165, 1.54) is 10.8 Å². The van der Waals surface area contributed by atoms with Gasteiger partial charge >= 0.3 is 5.82 Å². The molecule has 3 N–H and O–H groups in total. The Morgan fingerprint density at radius 3 is 2.71 bits per heavy atom. The normalized spacial score (nSPS) is 16.7. The van der Waals surface area contributed by atoms with Crippen LogP contribution in [0.1, 0.15) is 25.6 Å². The molecule has 0 spiro atoms. The summed E-state index contributed by atoms with van der Waals surface area (Å²) in [6.45, 7) is 3.95. The summed E-state index contributed by atoms with van der Waals surface area (Å²) in [7, 11) is 0. The molecular weight excluding hydrogens is 298 g/mol. The van der Waals surface area contributed by atoms with Gasteiger partial charge < -0.3 is 21.2 Å². The molecule has 2 rings (SSSR count). The van der Waals surface area contributed by atoms with E-state index < -0.39 is 10.5 Å². The van der Waals surface area contributed by atoms with Crippen LogP contribution in [0.3, 0.4) is 0 Å². The van der Waals surface area contributed by atoms with E-state index in [1.54, 1.807) is 6.92 Å². The molecule has 0 saturated heterocycles. The number of carbonyl (C=O) groups is 1. The molecule has 0 aromatic carbocycles. The van der Waals surface area contributed by atoms with Gasteiger partial charge in [-0.05, 0) is 35.6 Å². The number of aromatic nitrogens is 2. The van der Waals surface area contributed by atoms with E-state index in [4.69, 9.17) is 5.73 Å². The van der Waals surface area contributed by atoms with Crippen LogP contribution < -0.4 is 11.1 Å². The Morgan fingerprint density at radius 2 is 2.29 bits per heavy atom. The first-order valence-electron chi connectivity index (χ1n) is 6.55. The van der Waals surface area contributed by atoms with Crippen molar-refractivity contribution in [3.05, 3.63) is 22.1 Å². The molecule has 1 aliphatic carbocycles. The average Bonchev–Trinajstić information content (AvgIpc) is 3.16. The highest BCUT2D eigenvalue weighted by Gasteiger charge is 2.41. The third-order valence-corrected chi connectivity index (χ3v) is 3.79. The highest BCUT2D eigenvalue weighted by molar-refractivity contribution is 5.85. The number of amides is 1. The van der Waals surface area contributed by atoms with Crippen molar-refractivity contribution in [3.63, 3.8) is 0 Å². The fraction of sp³-hybridized carbons (Fsp3) is 0.667. The van der Waals surface area contributed by atoms with E-state index in [2.05, 4.69) is 10.3 Å². The second kappa shape index (κ2) is 6.40. The van der Waals surface area contributed by atoms with Crippen molar-refractivity contribution in [2.45, 2.75) is 38.8 Å². The molecule has 0 aliphatic heterocycles. The maximum absolute atomic E-state index is 12.1. The van der Waals surface area contributed by atoms with Crippen molar-refractivity contribution in [3.8, 4) is 0 Å². The van der Waals surface area contributed by atoms with Crippen LogP contribution in [-0.2, 0) is 11.3 Å². The summed E-state index contributed by atoms with van der Waals surface area (Å²) in [5.74, 6) is 0.404. The van der Waals surface area contributed by atoms with Crippen LogP contribution in [0, 0.1) is 23.0 Å². The van der Waals surface area contributed by atoms with Gasteiger partial charge in [0, 0.05) is 13.5 Å². The minimum absolute atomic E-state index is 0. The van der Waals surface area contributed by atoms with Gasteiger partial charge in [0.25, 0.3) is 0 Å². The minimum atomic E-state index is -0.574. The van der Waals surface area contributed by atoms with E-state index in [-0.39, 0.29) is 30.7 Å². The molecule has 1 aromatic rings. The van der Waals surface area contributed by atoms with Crippen LogP contribution >= 0.6 is 12.4 Å². The lowest BCUT2D eigenvalue weighted by molar-refractivity contribution is -0.389. The molecule has 1 aromatic heterocycles. The first kappa shape index (κ1) is 17.4. The lowest BCUT2D eigenvalue weighted by Gasteiger charge is -2.29. The largest absolute Gasteiger partial charge is 0.381 e. The van der Waals surface area contributed by atoms with Gasteiger partial charge in [-0.15, -0.1) is 12.4 Å². The maximum Gasteiger partial charge on any atom is 0.381 e. The monoisotopic (exact) mass is 317 g/mol. The fourth-order valence-corrected chi connectivity index (χ4v) is 2.29. The molecule has 21 heavy (non-hydrogen) atoms. The van der Waals surface area contributed by atoms with E-state index in [0.29, 0.717) is 18.3 Å². The standard InChI is InChI=1S/C12H19N5O3.ClH/c1-8-14-10(17(19)20)5-16(8)6-11(18)15-12(2,7-13)9-3-4-9;/h5,9H,3-4,6-7,13H2,1-2H3,(H,15,18);1H. The van der Waals surface area contributed by atoms with Crippen molar-refractivity contribution in [2.24, 2.45) is 11.7 Å². The van der Waals surface area contributed by atoms with Gasteiger partial charge in [-0.3, -0.25) is 9.36 Å². The van der Waals surface area contributed by atoms with Crippen LogP contribution in [0.5, 0.6) is 0 Å². The highest BCUT2D eigenvalue weighted by atomic mass is 35.5. The van der Waals surface area contributed by atoms with E-state index in [0.717, 1.165) is 12.8 Å².